The van der Waals surface area contributed by atoms with Gasteiger partial charge in [-0.15, -0.1) is 0 Å². The van der Waals surface area contributed by atoms with Crippen molar-refractivity contribution < 1.29 is 19.1 Å². The number of hydrogen-bond donors (Lipinski definition) is 0. The summed E-state index contributed by atoms with van der Waals surface area (Å²) in [6.07, 6.45) is 1.24. The van der Waals surface area contributed by atoms with Gasteiger partial charge in [0.05, 0.1) is 5.56 Å². The summed E-state index contributed by atoms with van der Waals surface area (Å²) in [4.78, 5) is 26.2. The number of esters is 1. The summed E-state index contributed by atoms with van der Waals surface area (Å²) in [5.74, 6) is 0.0891. The standard InChI is InChI=1S/C21H22ClNO4/c1-15(20(24)23-12-2-3-13-23)27-21(25)17-6-4-16(5-7-17)14-26-19-10-8-18(22)9-11-19/h4-11,15H,2-3,12-14H2,1H3/t15-/m0/s1. The number of halogens is 1. The van der Waals surface area contributed by atoms with E-state index in [1.165, 1.54) is 0 Å². The van der Waals surface area contributed by atoms with Crippen molar-refractivity contribution in [2.45, 2.75) is 32.5 Å². The van der Waals surface area contributed by atoms with Gasteiger partial charge in [-0.25, -0.2) is 4.79 Å². The normalized spacial score (nSPS) is 14.7. The zero-order chi connectivity index (χ0) is 19.2. The van der Waals surface area contributed by atoms with E-state index in [-0.39, 0.29) is 5.91 Å². The molecule has 1 heterocycles. The average molecular weight is 388 g/mol. The summed E-state index contributed by atoms with van der Waals surface area (Å²) < 4.78 is 11.0. The molecule has 2 aromatic rings. The third-order valence-corrected chi connectivity index (χ3v) is 4.71. The van der Waals surface area contributed by atoms with Gasteiger partial charge < -0.3 is 14.4 Å². The van der Waals surface area contributed by atoms with Crippen LogP contribution >= 0.6 is 11.6 Å². The van der Waals surface area contributed by atoms with E-state index in [9.17, 15) is 9.59 Å². The van der Waals surface area contributed by atoms with Gasteiger partial charge in [0.15, 0.2) is 6.10 Å². The molecule has 0 radical (unpaired) electrons. The highest BCUT2D eigenvalue weighted by molar-refractivity contribution is 6.30. The van der Waals surface area contributed by atoms with Crippen molar-refractivity contribution >= 4 is 23.5 Å². The second-order valence-electron chi connectivity index (χ2n) is 6.52. The predicted molar refractivity (Wildman–Crippen MR) is 103 cm³/mol. The Balaban J connectivity index is 1.52. The highest BCUT2D eigenvalue weighted by atomic mass is 35.5. The number of amides is 1. The van der Waals surface area contributed by atoms with E-state index in [1.807, 2.05) is 0 Å². The van der Waals surface area contributed by atoms with Crippen LogP contribution in [0.25, 0.3) is 0 Å². The van der Waals surface area contributed by atoms with Crippen LogP contribution in [0, 0.1) is 0 Å². The molecule has 0 unspecified atom stereocenters. The van der Waals surface area contributed by atoms with Gasteiger partial charge in [0.2, 0.25) is 0 Å². The Hall–Kier alpha value is -2.53. The van der Waals surface area contributed by atoms with Gasteiger partial charge >= 0.3 is 5.97 Å². The van der Waals surface area contributed by atoms with Gasteiger partial charge in [0, 0.05) is 18.1 Å². The summed E-state index contributed by atoms with van der Waals surface area (Å²) in [6.45, 7) is 3.47. The van der Waals surface area contributed by atoms with E-state index < -0.39 is 12.1 Å². The second-order valence-corrected chi connectivity index (χ2v) is 6.96. The van der Waals surface area contributed by atoms with Crippen molar-refractivity contribution in [3.8, 4) is 5.75 Å². The van der Waals surface area contributed by atoms with Crippen LogP contribution in [0.4, 0.5) is 0 Å². The minimum absolute atomic E-state index is 0.131. The first-order valence-corrected chi connectivity index (χ1v) is 9.38. The number of nitrogens with zero attached hydrogens (tertiary/aromatic N) is 1. The Morgan fingerprint density at radius 2 is 1.67 bits per heavy atom. The Morgan fingerprint density at radius 1 is 1.04 bits per heavy atom. The van der Waals surface area contributed by atoms with Crippen LogP contribution in [0.3, 0.4) is 0 Å². The Labute approximate surface area is 163 Å². The number of carbonyl (C=O) groups excluding carboxylic acids is 2. The molecular formula is C21H22ClNO4. The summed E-state index contributed by atoms with van der Waals surface area (Å²) >= 11 is 5.85. The molecule has 142 valence electrons. The third-order valence-electron chi connectivity index (χ3n) is 4.46. The first-order chi connectivity index (χ1) is 13.0. The fourth-order valence-corrected chi connectivity index (χ4v) is 3.03. The molecule has 0 aliphatic carbocycles. The molecule has 6 heteroatoms. The Kier molecular flexibility index (Phi) is 6.35. The molecule has 0 saturated carbocycles. The van der Waals surface area contributed by atoms with Gasteiger partial charge in [0.1, 0.15) is 12.4 Å². The first-order valence-electron chi connectivity index (χ1n) is 9.00. The van der Waals surface area contributed by atoms with Crippen LogP contribution < -0.4 is 4.74 Å². The van der Waals surface area contributed by atoms with Gasteiger partial charge in [-0.1, -0.05) is 23.7 Å². The van der Waals surface area contributed by atoms with Crippen molar-refractivity contribution in [3.63, 3.8) is 0 Å². The molecule has 1 aliphatic heterocycles. The molecule has 1 aliphatic rings. The minimum atomic E-state index is -0.775. The lowest BCUT2D eigenvalue weighted by Crippen LogP contribution is -2.38. The maximum atomic E-state index is 12.3. The minimum Gasteiger partial charge on any atom is -0.489 e. The number of likely N-dealkylation sites (tertiary alicyclic amines) is 1. The molecule has 1 amide bonds. The average Bonchev–Trinajstić information content (AvgIpc) is 3.22. The van der Waals surface area contributed by atoms with E-state index in [4.69, 9.17) is 21.1 Å². The molecule has 1 fully saturated rings. The lowest BCUT2D eigenvalue weighted by molar-refractivity contribution is -0.138. The SMILES string of the molecule is C[C@H](OC(=O)c1ccc(COc2ccc(Cl)cc2)cc1)C(=O)N1CCCC1. The van der Waals surface area contributed by atoms with Gasteiger partial charge in [-0.3, -0.25) is 4.79 Å². The number of ether oxygens (including phenoxy) is 2. The van der Waals surface area contributed by atoms with Crippen molar-refractivity contribution in [2.24, 2.45) is 0 Å². The molecule has 0 N–H and O–H groups in total. The molecule has 27 heavy (non-hydrogen) atoms. The summed E-state index contributed by atoms with van der Waals surface area (Å²) in [7, 11) is 0. The lowest BCUT2D eigenvalue weighted by Gasteiger charge is -2.20. The van der Waals surface area contributed by atoms with Crippen LogP contribution in [0.2, 0.25) is 5.02 Å². The van der Waals surface area contributed by atoms with Crippen LogP contribution in [0.15, 0.2) is 48.5 Å². The van der Waals surface area contributed by atoms with Gasteiger partial charge in [-0.2, -0.15) is 0 Å². The van der Waals surface area contributed by atoms with Crippen molar-refractivity contribution in [1.29, 1.82) is 0 Å². The molecule has 1 atom stereocenters. The Bertz CT molecular complexity index is 783. The van der Waals surface area contributed by atoms with E-state index in [0.29, 0.717) is 17.2 Å². The zero-order valence-electron chi connectivity index (χ0n) is 15.2. The Morgan fingerprint density at radius 3 is 2.30 bits per heavy atom. The highest BCUT2D eigenvalue weighted by Gasteiger charge is 2.26. The van der Waals surface area contributed by atoms with E-state index >= 15 is 0 Å². The van der Waals surface area contributed by atoms with Crippen LogP contribution in [0.1, 0.15) is 35.7 Å². The van der Waals surface area contributed by atoms with E-state index in [1.54, 1.807) is 60.4 Å². The largest absolute Gasteiger partial charge is 0.489 e. The fraction of sp³-hybridized carbons (Fsp3) is 0.333. The third kappa shape index (κ3) is 5.23. The molecule has 3 rings (SSSR count). The van der Waals surface area contributed by atoms with Crippen molar-refractivity contribution in [3.05, 3.63) is 64.7 Å². The summed E-state index contributed by atoms with van der Waals surface area (Å²) in [5.41, 5.74) is 1.33. The van der Waals surface area contributed by atoms with E-state index in [0.717, 1.165) is 37.2 Å². The van der Waals surface area contributed by atoms with Crippen LogP contribution in [-0.2, 0) is 16.1 Å². The number of rotatable bonds is 6. The maximum absolute atomic E-state index is 12.3. The predicted octanol–water partition coefficient (Wildman–Crippen LogP) is 4.09. The summed E-state index contributed by atoms with van der Waals surface area (Å²) in [5, 5.41) is 0.655. The highest BCUT2D eigenvalue weighted by Crippen LogP contribution is 2.17. The van der Waals surface area contributed by atoms with Crippen LogP contribution in [0.5, 0.6) is 5.75 Å². The monoisotopic (exact) mass is 387 g/mol. The molecule has 0 bridgehead atoms. The molecule has 2 aromatic carbocycles. The molecule has 1 saturated heterocycles. The van der Waals surface area contributed by atoms with Crippen LogP contribution in [-0.4, -0.2) is 36.0 Å². The van der Waals surface area contributed by atoms with Gasteiger partial charge in [-0.05, 0) is 61.7 Å². The molecule has 0 spiro atoms. The number of carbonyl (C=O) groups is 2. The zero-order valence-corrected chi connectivity index (χ0v) is 15.9. The topological polar surface area (TPSA) is 55.8 Å². The molecule has 5 nitrogen and oxygen atoms in total. The fourth-order valence-electron chi connectivity index (χ4n) is 2.91. The van der Waals surface area contributed by atoms with Gasteiger partial charge in [0.25, 0.3) is 5.91 Å². The molecule has 0 aromatic heterocycles. The van der Waals surface area contributed by atoms with Crippen molar-refractivity contribution in [1.82, 2.24) is 4.90 Å². The number of hydrogen-bond acceptors (Lipinski definition) is 4. The lowest BCUT2D eigenvalue weighted by atomic mass is 10.1. The van der Waals surface area contributed by atoms with E-state index in [2.05, 4.69) is 0 Å². The molecular weight excluding hydrogens is 366 g/mol. The maximum Gasteiger partial charge on any atom is 0.338 e. The second kappa shape index (κ2) is 8.91. The number of benzene rings is 2. The quantitative estimate of drug-likeness (QED) is 0.700. The smallest absolute Gasteiger partial charge is 0.338 e. The summed E-state index contributed by atoms with van der Waals surface area (Å²) in [6, 6.07) is 14.1. The van der Waals surface area contributed by atoms with Crippen molar-refractivity contribution in [2.75, 3.05) is 13.1 Å². The first kappa shape index (κ1) is 19.2.